The minimum Gasteiger partial charge on any atom is -0.361 e. The number of fused-ring (bicyclic) bond motifs is 1. The van der Waals surface area contributed by atoms with Crippen molar-refractivity contribution in [2.75, 3.05) is 20.1 Å². The molecule has 5 nitrogen and oxygen atoms in total. The van der Waals surface area contributed by atoms with E-state index in [0.717, 1.165) is 39.8 Å². The number of aryl methyl sites for hydroxylation is 1. The Balaban J connectivity index is 1.34. The molecule has 0 unspecified atom stereocenters. The number of nitrogens with zero attached hydrogens (tertiary/aromatic N) is 2. The monoisotopic (exact) mass is 404 g/mol. The normalized spacial score (nSPS) is 15.0. The fraction of sp³-hybridized carbons (Fsp3) is 0.440. The van der Waals surface area contributed by atoms with Crippen LogP contribution < -0.4 is 5.32 Å². The smallest absolute Gasteiger partial charge is 0.224 e. The summed E-state index contributed by atoms with van der Waals surface area (Å²) in [7, 11) is 2.18. The van der Waals surface area contributed by atoms with Gasteiger partial charge in [-0.15, -0.1) is 0 Å². The molecular weight excluding hydrogens is 372 g/mol. The third-order valence-electron chi connectivity index (χ3n) is 6.33. The van der Waals surface area contributed by atoms with E-state index in [0.29, 0.717) is 19.0 Å². The van der Waals surface area contributed by atoms with E-state index in [1.807, 2.05) is 25.4 Å². The third kappa shape index (κ3) is 4.90. The molecule has 0 bridgehead atoms. The molecule has 1 amide bonds. The Labute approximate surface area is 178 Å². The predicted octanol–water partition coefficient (Wildman–Crippen LogP) is 4.46. The zero-order valence-corrected chi connectivity index (χ0v) is 18.1. The maximum Gasteiger partial charge on any atom is 0.224 e. The van der Waals surface area contributed by atoms with E-state index in [-0.39, 0.29) is 5.91 Å². The number of aromatic amines is 1. The summed E-state index contributed by atoms with van der Waals surface area (Å²) >= 11 is 0. The summed E-state index contributed by atoms with van der Waals surface area (Å²) in [6, 6.07) is 11.2. The minimum absolute atomic E-state index is 0.0850. The molecule has 1 aliphatic carbocycles. The number of hydrogen-bond acceptors (Lipinski definition) is 3. The van der Waals surface area contributed by atoms with Crippen LogP contribution in [0.3, 0.4) is 0 Å². The SMILES string of the molecule is Cc1cc(-c2ccc3c(CC(=O)NCCN(C)C4CCCCC4)c[nH]c3c2)ccn1. The molecule has 0 atom stereocenters. The number of H-pyrrole nitrogens is 1. The van der Waals surface area contributed by atoms with Crippen LogP contribution in [0.2, 0.25) is 0 Å². The third-order valence-corrected chi connectivity index (χ3v) is 6.33. The molecule has 30 heavy (non-hydrogen) atoms. The van der Waals surface area contributed by atoms with Gasteiger partial charge < -0.3 is 15.2 Å². The summed E-state index contributed by atoms with van der Waals surface area (Å²) in [5.41, 5.74) is 5.41. The first-order valence-corrected chi connectivity index (χ1v) is 11.1. The van der Waals surface area contributed by atoms with Crippen molar-refractivity contribution in [2.45, 2.75) is 51.5 Å². The van der Waals surface area contributed by atoms with E-state index >= 15 is 0 Å². The zero-order valence-electron chi connectivity index (χ0n) is 18.1. The second-order valence-electron chi connectivity index (χ2n) is 8.56. The molecule has 2 aromatic heterocycles. The standard InChI is InChI=1S/C25H32N4O/c1-18-14-20(10-11-26-18)19-8-9-23-21(17-28-24(23)15-19)16-25(30)27-12-13-29(2)22-6-4-3-5-7-22/h8-11,14-15,17,22,28H,3-7,12-13,16H2,1-2H3,(H,27,30). The Morgan fingerprint density at radius 3 is 2.77 bits per heavy atom. The van der Waals surface area contributed by atoms with Crippen LogP contribution in [0.25, 0.3) is 22.0 Å². The summed E-state index contributed by atoms with van der Waals surface area (Å²) in [5.74, 6) is 0.0850. The van der Waals surface area contributed by atoms with Crippen molar-refractivity contribution in [3.8, 4) is 11.1 Å². The van der Waals surface area contributed by atoms with E-state index in [9.17, 15) is 4.79 Å². The lowest BCUT2D eigenvalue weighted by atomic mass is 9.94. The molecule has 5 heteroatoms. The van der Waals surface area contributed by atoms with Gasteiger partial charge in [-0.25, -0.2) is 0 Å². The zero-order chi connectivity index (χ0) is 20.9. The van der Waals surface area contributed by atoms with E-state index in [1.54, 1.807) is 0 Å². The molecule has 0 spiro atoms. The number of hydrogen-bond donors (Lipinski definition) is 2. The lowest BCUT2D eigenvalue weighted by Crippen LogP contribution is -2.39. The van der Waals surface area contributed by atoms with Crippen LogP contribution in [0.5, 0.6) is 0 Å². The highest BCUT2D eigenvalue weighted by atomic mass is 16.1. The molecule has 158 valence electrons. The first-order valence-electron chi connectivity index (χ1n) is 11.1. The summed E-state index contributed by atoms with van der Waals surface area (Å²) in [6.45, 7) is 3.62. The molecule has 0 radical (unpaired) electrons. The van der Waals surface area contributed by atoms with Crippen LogP contribution in [0.15, 0.2) is 42.7 Å². The highest BCUT2D eigenvalue weighted by molar-refractivity contribution is 5.91. The van der Waals surface area contributed by atoms with E-state index in [2.05, 4.69) is 51.5 Å². The van der Waals surface area contributed by atoms with Gasteiger partial charge in [-0.05, 0) is 61.7 Å². The van der Waals surface area contributed by atoms with Gasteiger partial charge in [0, 0.05) is 48.1 Å². The van der Waals surface area contributed by atoms with E-state index < -0.39 is 0 Å². The Bertz CT molecular complexity index is 1000. The lowest BCUT2D eigenvalue weighted by molar-refractivity contribution is -0.120. The number of pyridine rings is 1. The molecular formula is C25H32N4O. The molecule has 0 saturated heterocycles. The van der Waals surface area contributed by atoms with Gasteiger partial charge >= 0.3 is 0 Å². The van der Waals surface area contributed by atoms with Gasteiger partial charge in [-0.1, -0.05) is 31.4 Å². The Kier molecular flexibility index (Phi) is 6.48. The van der Waals surface area contributed by atoms with Gasteiger partial charge in [0.15, 0.2) is 0 Å². The molecule has 1 saturated carbocycles. The van der Waals surface area contributed by atoms with Crippen molar-refractivity contribution >= 4 is 16.8 Å². The van der Waals surface area contributed by atoms with Gasteiger partial charge in [-0.3, -0.25) is 9.78 Å². The van der Waals surface area contributed by atoms with Crippen molar-refractivity contribution in [2.24, 2.45) is 0 Å². The first-order chi connectivity index (χ1) is 14.6. The molecule has 1 fully saturated rings. The summed E-state index contributed by atoms with van der Waals surface area (Å²) in [6.07, 6.45) is 10.8. The highest BCUT2D eigenvalue weighted by Crippen LogP contribution is 2.26. The van der Waals surface area contributed by atoms with Crippen molar-refractivity contribution < 1.29 is 4.79 Å². The molecule has 0 aliphatic heterocycles. The maximum absolute atomic E-state index is 12.5. The fourth-order valence-electron chi connectivity index (χ4n) is 4.55. The average Bonchev–Trinajstić information content (AvgIpc) is 3.16. The first kappa shape index (κ1) is 20.6. The minimum atomic E-state index is 0.0850. The second kappa shape index (κ2) is 9.43. The second-order valence-corrected chi connectivity index (χ2v) is 8.56. The van der Waals surface area contributed by atoms with Crippen LogP contribution in [0.1, 0.15) is 43.4 Å². The summed E-state index contributed by atoms with van der Waals surface area (Å²) < 4.78 is 0. The van der Waals surface area contributed by atoms with Crippen molar-refractivity contribution in [1.29, 1.82) is 0 Å². The van der Waals surface area contributed by atoms with E-state index in [1.165, 1.54) is 32.1 Å². The Morgan fingerprint density at radius 2 is 1.97 bits per heavy atom. The van der Waals surface area contributed by atoms with Gasteiger partial charge in [0.2, 0.25) is 5.91 Å². The molecule has 1 aromatic carbocycles. The maximum atomic E-state index is 12.5. The number of carbonyl (C=O) groups excluding carboxylic acids is 1. The number of rotatable bonds is 7. The average molecular weight is 405 g/mol. The quantitative estimate of drug-likeness (QED) is 0.611. The number of likely N-dealkylation sites (N-methyl/N-ethyl adjacent to an activating group) is 1. The number of amides is 1. The number of aromatic nitrogens is 2. The molecule has 2 N–H and O–H groups in total. The molecule has 4 rings (SSSR count). The van der Waals surface area contributed by atoms with Crippen molar-refractivity contribution in [1.82, 2.24) is 20.2 Å². The van der Waals surface area contributed by atoms with Gasteiger partial charge in [0.05, 0.1) is 6.42 Å². The highest BCUT2D eigenvalue weighted by Gasteiger charge is 2.17. The van der Waals surface area contributed by atoms with Gasteiger partial charge in [0.25, 0.3) is 0 Å². The Hall–Kier alpha value is -2.66. The fourth-order valence-corrected chi connectivity index (χ4v) is 4.55. The van der Waals surface area contributed by atoms with Crippen LogP contribution in [-0.4, -0.2) is 47.0 Å². The Morgan fingerprint density at radius 1 is 1.17 bits per heavy atom. The lowest BCUT2D eigenvalue weighted by Gasteiger charge is -2.31. The van der Waals surface area contributed by atoms with E-state index in [4.69, 9.17) is 0 Å². The van der Waals surface area contributed by atoms with Crippen LogP contribution in [0.4, 0.5) is 0 Å². The van der Waals surface area contributed by atoms with Crippen molar-refractivity contribution in [3.63, 3.8) is 0 Å². The molecule has 2 heterocycles. The summed E-state index contributed by atoms with van der Waals surface area (Å²) in [5, 5.41) is 4.21. The molecule has 1 aliphatic rings. The van der Waals surface area contributed by atoms with Crippen molar-refractivity contribution in [3.05, 3.63) is 54.0 Å². The van der Waals surface area contributed by atoms with Gasteiger partial charge in [-0.2, -0.15) is 0 Å². The number of carbonyl (C=O) groups is 1. The van der Waals surface area contributed by atoms with Crippen LogP contribution in [0, 0.1) is 6.92 Å². The largest absolute Gasteiger partial charge is 0.361 e. The number of nitrogens with one attached hydrogen (secondary N) is 2. The number of benzene rings is 1. The van der Waals surface area contributed by atoms with Crippen LogP contribution in [-0.2, 0) is 11.2 Å². The molecule has 3 aromatic rings. The van der Waals surface area contributed by atoms with Gasteiger partial charge in [0.1, 0.15) is 0 Å². The predicted molar refractivity (Wildman–Crippen MR) is 122 cm³/mol. The summed E-state index contributed by atoms with van der Waals surface area (Å²) in [4.78, 5) is 22.5. The van der Waals surface area contributed by atoms with Crippen LogP contribution >= 0.6 is 0 Å². The topological polar surface area (TPSA) is 61.0 Å².